The number of aromatic amines is 1. The first-order valence-electron chi connectivity index (χ1n) is 9.24. The molecular formula is C20H24N6O3. The first-order valence-corrected chi connectivity index (χ1v) is 9.24. The van der Waals surface area contributed by atoms with E-state index in [4.69, 9.17) is 4.74 Å². The molecule has 3 N–H and O–H groups in total. The number of hydrogen-bond donors (Lipinski definition) is 3. The molecule has 0 aliphatic rings. The average Bonchev–Trinajstić information content (AvgIpc) is 3.15. The fourth-order valence-electron chi connectivity index (χ4n) is 2.65. The Morgan fingerprint density at radius 3 is 2.83 bits per heavy atom. The number of carbonyl (C=O) groups is 1. The minimum atomic E-state index is -0.444. The Balaban J connectivity index is 1.66. The molecule has 0 spiro atoms. The molecule has 0 aliphatic heterocycles. The van der Waals surface area contributed by atoms with Crippen LogP contribution >= 0.6 is 0 Å². The lowest BCUT2D eigenvalue weighted by Crippen LogP contribution is -2.24. The molecule has 29 heavy (non-hydrogen) atoms. The number of anilines is 2. The van der Waals surface area contributed by atoms with Gasteiger partial charge < -0.3 is 20.1 Å². The van der Waals surface area contributed by atoms with Crippen LogP contribution in [-0.4, -0.2) is 46.5 Å². The third-order valence-corrected chi connectivity index (χ3v) is 4.01. The van der Waals surface area contributed by atoms with E-state index in [9.17, 15) is 4.79 Å². The summed E-state index contributed by atoms with van der Waals surface area (Å²) in [5, 5.41) is 12.9. The van der Waals surface area contributed by atoms with Gasteiger partial charge in [-0.3, -0.25) is 10.1 Å². The standard InChI is InChI=1S/C20H24N6O3/c1-14-9-19(26-25-14)24-18-11-16(15-5-3-6-21-12-15)10-17(23-18)13-29-8-4-7-22-20(27)28-2/h3,5-6,9-12H,4,7-8,13H2,1-2H3,(H,22,27)(H2,23,24,25,26). The summed E-state index contributed by atoms with van der Waals surface area (Å²) in [6, 6.07) is 9.72. The zero-order chi connectivity index (χ0) is 20.5. The van der Waals surface area contributed by atoms with Crippen molar-refractivity contribution >= 4 is 17.7 Å². The minimum absolute atomic E-state index is 0.348. The summed E-state index contributed by atoms with van der Waals surface area (Å²) >= 11 is 0. The molecule has 9 nitrogen and oxygen atoms in total. The number of alkyl carbamates (subject to hydrolysis) is 1. The smallest absolute Gasteiger partial charge is 0.406 e. The van der Waals surface area contributed by atoms with Gasteiger partial charge in [0.1, 0.15) is 5.82 Å². The van der Waals surface area contributed by atoms with Crippen molar-refractivity contribution in [3.8, 4) is 11.1 Å². The first kappa shape index (κ1) is 20.3. The van der Waals surface area contributed by atoms with Crippen molar-refractivity contribution in [3.05, 3.63) is 54.1 Å². The Hall–Kier alpha value is -3.46. The Morgan fingerprint density at radius 1 is 1.21 bits per heavy atom. The largest absolute Gasteiger partial charge is 0.453 e. The highest BCUT2D eigenvalue weighted by Gasteiger charge is 2.08. The molecule has 0 radical (unpaired) electrons. The van der Waals surface area contributed by atoms with Gasteiger partial charge in [0.25, 0.3) is 0 Å². The van der Waals surface area contributed by atoms with Gasteiger partial charge >= 0.3 is 6.09 Å². The molecule has 3 aromatic rings. The normalized spacial score (nSPS) is 10.6. The minimum Gasteiger partial charge on any atom is -0.453 e. The predicted octanol–water partition coefficient (Wildman–Crippen LogP) is 3.18. The monoisotopic (exact) mass is 396 g/mol. The maximum absolute atomic E-state index is 11.0. The molecule has 0 aliphatic carbocycles. The van der Waals surface area contributed by atoms with Gasteiger partial charge in [0.2, 0.25) is 0 Å². The van der Waals surface area contributed by atoms with Crippen molar-refractivity contribution in [1.29, 1.82) is 0 Å². The van der Waals surface area contributed by atoms with E-state index in [1.54, 1.807) is 12.4 Å². The third-order valence-electron chi connectivity index (χ3n) is 4.01. The van der Waals surface area contributed by atoms with Crippen LogP contribution in [0.4, 0.5) is 16.4 Å². The van der Waals surface area contributed by atoms with E-state index in [0.29, 0.717) is 37.8 Å². The van der Waals surface area contributed by atoms with Crippen LogP contribution in [0.2, 0.25) is 0 Å². The van der Waals surface area contributed by atoms with E-state index in [2.05, 4.69) is 35.5 Å². The number of pyridine rings is 2. The van der Waals surface area contributed by atoms with Crippen LogP contribution in [0.1, 0.15) is 17.8 Å². The van der Waals surface area contributed by atoms with E-state index in [1.165, 1.54) is 7.11 Å². The first-order chi connectivity index (χ1) is 14.1. The van der Waals surface area contributed by atoms with E-state index < -0.39 is 6.09 Å². The highest BCUT2D eigenvalue weighted by atomic mass is 16.5. The fourth-order valence-corrected chi connectivity index (χ4v) is 2.65. The van der Waals surface area contributed by atoms with Crippen LogP contribution in [0.3, 0.4) is 0 Å². The Morgan fingerprint density at radius 2 is 2.10 bits per heavy atom. The maximum atomic E-state index is 11.0. The second-order valence-corrected chi connectivity index (χ2v) is 6.36. The molecule has 0 bridgehead atoms. The Labute approximate surface area is 168 Å². The average molecular weight is 396 g/mol. The Bertz CT molecular complexity index is 929. The quantitative estimate of drug-likeness (QED) is 0.476. The van der Waals surface area contributed by atoms with Crippen molar-refractivity contribution in [2.45, 2.75) is 20.0 Å². The lowest BCUT2D eigenvalue weighted by atomic mass is 10.1. The van der Waals surface area contributed by atoms with Crippen molar-refractivity contribution in [2.75, 3.05) is 25.6 Å². The van der Waals surface area contributed by atoms with Crippen molar-refractivity contribution < 1.29 is 14.3 Å². The number of ether oxygens (including phenoxy) is 2. The van der Waals surface area contributed by atoms with E-state index in [1.807, 2.05) is 37.3 Å². The fraction of sp³-hybridized carbons (Fsp3) is 0.300. The van der Waals surface area contributed by atoms with Gasteiger partial charge in [0.15, 0.2) is 5.82 Å². The van der Waals surface area contributed by atoms with Crippen molar-refractivity contribution in [2.24, 2.45) is 0 Å². The van der Waals surface area contributed by atoms with Gasteiger partial charge in [0.05, 0.1) is 19.4 Å². The summed E-state index contributed by atoms with van der Waals surface area (Å²) in [7, 11) is 1.34. The number of carbonyl (C=O) groups excluding carboxylic acids is 1. The second-order valence-electron chi connectivity index (χ2n) is 6.36. The predicted molar refractivity (Wildman–Crippen MR) is 109 cm³/mol. The van der Waals surface area contributed by atoms with Crippen LogP contribution in [0.5, 0.6) is 0 Å². The van der Waals surface area contributed by atoms with Gasteiger partial charge in [-0.15, -0.1) is 0 Å². The lowest BCUT2D eigenvalue weighted by Gasteiger charge is -2.10. The molecule has 9 heteroatoms. The maximum Gasteiger partial charge on any atom is 0.406 e. The van der Waals surface area contributed by atoms with Crippen LogP contribution in [0.25, 0.3) is 11.1 Å². The van der Waals surface area contributed by atoms with Crippen LogP contribution in [-0.2, 0) is 16.1 Å². The second kappa shape index (κ2) is 10.2. The van der Waals surface area contributed by atoms with Crippen LogP contribution in [0.15, 0.2) is 42.7 Å². The molecule has 1 amide bonds. The van der Waals surface area contributed by atoms with E-state index in [-0.39, 0.29) is 0 Å². The van der Waals surface area contributed by atoms with E-state index >= 15 is 0 Å². The number of methoxy groups -OCH3 is 1. The molecule has 3 aromatic heterocycles. The van der Waals surface area contributed by atoms with Gasteiger partial charge in [-0.2, -0.15) is 5.10 Å². The number of amides is 1. The summed E-state index contributed by atoms with van der Waals surface area (Å²) in [6.07, 6.45) is 3.78. The number of H-pyrrole nitrogens is 1. The molecule has 3 heterocycles. The zero-order valence-electron chi connectivity index (χ0n) is 16.4. The Kier molecular flexibility index (Phi) is 7.12. The number of aromatic nitrogens is 4. The lowest BCUT2D eigenvalue weighted by molar-refractivity contribution is 0.115. The molecule has 0 saturated carbocycles. The molecule has 0 aromatic carbocycles. The molecule has 0 fully saturated rings. The highest BCUT2D eigenvalue weighted by molar-refractivity contribution is 5.68. The molecule has 0 unspecified atom stereocenters. The van der Waals surface area contributed by atoms with Crippen molar-refractivity contribution in [3.63, 3.8) is 0 Å². The van der Waals surface area contributed by atoms with Crippen LogP contribution < -0.4 is 10.6 Å². The number of rotatable bonds is 9. The highest BCUT2D eigenvalue weighted by Crippen LogP contribution is 2.24. The molecule has 0 saturated heterocycles. The summed E-state index contributed by atoms with van der Waals surface area (Å²) in [5.41, 5.74) is 3.70. The molecule has 152 valence electrons. The summed E-state index contributed by atoms with van der Waals surface area (Å²) in [4.78, 5) is 19.8. The number of aryl methyl sites for hydroxylation is 1. The molecular weight excluding hydrogens is 372 g/mol. The summed E-state index contributed by atoms with van der Waals surface area (Å²) < 4.78 is 10.2. The van der Waals surface area contributed by atoms with Gasteiger partial charge in [-0.05, 0) is 37.1 Å². The van der Waals surface area contributed by atoms with Crippen LogP contribution in [0, 0.1) is 6.92 Å². The van der Waals surface area contributed by atoms with Gasteiger partial charge in [-0.25, -0.2) is 9.78 Å². The molecule has 0 atom stereocenters. The van der Waals surface area contributed by atoms with Gasteiger partial charge in [-0.1, -0.05) is 6.07 Å². The SMILES string of the molecule is COC(=O)NCCCOCc1cc(-c2cccnc2)cc(Nc2cc(C)[nH]n2)n1. The number of nitrogens with one attached hydrogen (secondary N) is 3. The van der Waals surface area contributed by atoms with Gasteiger partial charge in [0, 0.05) is 42.9 Å². The zero-order valence-corrected chi connectivity index (χ0v) is 16.4. The number of nitrogens with zero attached hydrogens (tertiary/aromatic N) is 3. The van der Waals surface area contributed by atoms with Crippen molar-refractivity contribution in [1.82, 2.24) is 25.5 Å². The van der Waals surface area contributed by atoms with E-state index in [0.717, 1.165) is 22.5 Å². The topological polar surface area (TPSA) is 114 Å². The summed E-state index contributed by atoms with van der Waals surface area (Å²) in [5.74, 6) is 1.36. The number of hydrogen-bond acceptors (Lipinski definition) is 7. The molecule has 3 rings (SSSR count). The summed E-state index contributed by atoms with van der Waals surface area (Å²) in [6.45, 7) is 3.26. The third kappa shape index (κ3) is 6.28.